The van der Waals surface area contributed by atoms with Crippen LogP contribution in [0.4, 0.5) is 0 Å². The zero-order valence-electron chi connectivity index (χ0n) is 7.11. The molecule has 0 aromatic heterocycles. The second kappa shape index (κ2) is 4.71. The lowest BCUT2D eigenvalue weighted by Gasteiger charge is -2.15. The zero-order valence-corrected chi connectivity index (χ0v) is 7.11. The third-order valence-electron chi connectivity index (χ3n) is 1.58. The highest BCUT2D eigenvalue weighted by atomic mass is 16.5. The third-order valence-corrected chi connectivity index (χ3v) is 1.58. The highest BCUT2D eigenvalue weighted by molar-refractivity contribution is 5.73. The first-order chi connectivity index (χ1) is 5.49. The Labute approximate surface area is 70.5 Å². The lowest BCUT2D eigenvalue weighted by Crippen LogP contribution is -2.30. The molecule has 0 radical (unpaired) electrons. The summed E-state index contributed by atoms with van der Waals surface area (Å²) >= 11 is 0. The van der Waals surface area contributed by atoms with Crippen molar-refractivity contribution in [2.24, 2.45) is 11.7 Å². The largest absolute Gasteiger partial charge is 0.481 e. The average Bonchev–Trinajstić information content (AvgIpc) is 2.02. The fraction of sp³-hybridized carbons (Fsp3) is 0.714. The number of hydrogen-bond acceptors (Lipinski definition) is 4. The molecule has 0 aromatic carbocycles. The van der Waals surface area contributed by atoms with Gasteiger partial charge in [0.1, 0.15) is 6.10 Å². The van der Waals surface area contributed by atoms with E-state index in [0.717, 1.165) is 0 Å². The summed E-state index contributed by atoms with van der Waals surface area (Å²) in [6.07, 6.45) is -0.640. The summed E-state index contributed by atoms with van der Waals surface area (Å²) < 4.78 is 4.68. The Hall–Kier alpha value is -1.10. The summed E-state index contributed by atoms with van der Waals surface area (Å²) in [7, 11) is 0. The topological polar surface area (TPSA) is 89.6 Å². The molecule has 0 saturated heterocycles. The number of carbonyl (C=O) groups excluding carboxylic acids is 1. The van der Waals surface area contributed by atoms with Crippen LogP contribution in [0.2, 0.25) is 0 Å². The summed E-state index contributed by atoms with van der Waals surface area (Å²) in [5.41, 5.74) is 4.97. The molecule has 2 atom stereocenters. The molecule has 3 N–H and O–H groups in total. The van der Waals surface area contributed by atoms with E-state index in [2.05, 4.69) is 4.74 Å². The fourth-order valence-electron chi connectivity index (χ4n) is 0.558. The Morgan fingerprint density at radius 1 is 1.50 bits per heavy atom. The smallest absolute Gasteiger partial charge is 0.319 e. The number of nitrogens with two attached hydrogens (primary N) is 1. The van der Waals surface area contributed by atoms with Crippen molar-refractivity contribution in [1.29, 1.82) is 0 Å². The van der Waals surface area contributed by atoms with E-state index in [0.29, 0.717) is 0 Å². The van der Waals surface area contributed by atoms with Gasteiger partial charge in [-0.15, -0.1) is 0 Å². The van der Waals surface area contributed by atoms with Crippen LogP contribution in [0, 0.1) is 5.92 Å². The van der Waals surface area contributed by atoms with E-state index in [4.69, 9.17) is 10.8 Å². The molecule has 0 heterocycles. The molecule has 12 heavy (non-hydrogen) atoms. The third kappa shape index (κ3) is 3.34. The second-order valence-electron chi connectivity index (χ2n) is 2.53. The molecular formula is C7H13NO4. The molecule has 0 rings (SSSR count). The van der Waals surface area contributed by atoms with Gasteiger partial charge in [-0.3, -0.25) is 9.59 Å². The molecule has 5 heteroatoms. The Morgan fingerprint density at radius 3 is 2.33 bits per heavy atom. The van der Waals surface area contributed by atoms with Crippen LogP contribution in [0.5, 0.6) is 0 Å². The summed E-state index contributed by atoms with van der Waals surface area (Å²) in [5, 5.41) is 8.52. The maximum atomic E-state index is 10.6. The molecule has 0 saturated carbocycles. The van der Waals surface area contributed by atoms with Crippen LogP contribution in [0.1, 0.15) is 13.8 Å². The molecule has 2 unspecified atom stereocenters. The number of carbonyl (C=O) groups is 2. The molecule has 0 bridgehead atoms. The number of carboxylic acid groups (broad SMARTS) is 1. The van der Waals surface area contributed by atoms with Crippen molar-refractivity contribution >= 4 is 11.9 Å². The molecule has 0 aliphatic carbocycles. The number of aliphatic carboxylic acids is 1. The van der Waals surface area contributed by atoms with Crippen LogP contribution in [0.15, 0.2) is 0 Å². The fourth-order valence-corrected chi connectivity index (χ4v) is 0.558. The zero-order chi connectivity index (χ0) is 9.72. The van der Waals surface area contributed by atoms with Crippen LogP contribution in [0.25, 0.3) is 0 Å². The molecule has 0 spiro atoms. The normalized spacial score (nSPS) is 14.9. The van der Waals surface area contributed by atoms with Crippen molar-refractivity contribution in [2.75, 3.05) is 6.54 Å². The van der Waals surface area contributed by atoms with E-state index in [9.17, 15) is 9.59 Å². The number of esters is 1. The van der Waals surface area contributed by atoms with E-state index in [-0.39, 0.29) is 6.54 Å². The molecule has 0 aliphatic rings. The number of rotatable bonds is 4. The van der Waals surface area contributed by atoms with Crippen LogP contribution >= 0.6 is 0 Å². The number of ether oxygens (including phenoxy) is 1. The summed E-state index contributed by atoms with van der Waals surface area (Å²) in [6, 6.07) is 0. The first-order valence-electron chi connectivity index (χ1n) is 3.61. The minimum Gasteiger partial charge on any atom is -0.481 e. The lowest BCUT2D eigenvalue weighted by atomic mass is 10.1. The summed E-state index contributed by atoms with van der Waals surface area (Å²) in [6.45, 7) is 2.76. The summed E-state index contributed by atoms with van der Waals surface area (Å²) in [4.78, 5) is 21.0. The lowest BCUT2D eigenvalue weighted by molar-refractivity contribution is -0.155. The highest BCUT2D eigenvalue weighted by Gasteiger charge is 2.22. The van der Waals surface area contributed by atoms with Crippen molar-refractivity contribution in [3.8, 4) is 0 Å². The van der Waals surface area contributed by atoms with Gasteiger partial charge in [-0.05, 0) is 13.8 Å². The minimum atomic E-state index is -0.993. The molecule has 5 nitrogen and oxygen atoms in total. The standard InChI is InChI=1S/C7H13NO4/c1-4(7(10)11)5(2)12-6(9)3-8/h4-5H,3,8H2,1-2H3,(H,10,11). The molecule has 0 aliphatic heterocycles. The Kier molecular flexibility index (Phi) is 4.28. The van der Waals surface area contributed by atoms with Crippen LogP contribution in [-0.4, -0.2) is 29.7 Å². The number of hydrogen-bond donors (Lipinski definition) is 2. The molecule has 0 fully saturated rings. The van der Waals surface area contributed by atoms with Gasteiger partial charge in [0, 0.05) is 0 Å². The molecule has 0 aromatic rings. The van der Waals surface area contributed by atoms with E-state index < -0.39 is 24.0 Å². The van der Waals surface area contributed by atoms with Crippen molar-refractivity contribution in [2.45, 2.75) is 20.0 Å². The van der Waals surface area contributed by atoms with Gasteiger partial charge in [0.15, 0.2) is 0 Å². The van der Waals surface area contributed by atoms with Crippen LogP contribution in [-0.2, 0) is 14.3 Å². The van der Waals surface area contributed by atoms with Gasteiger partial charge in [-0.2, -0.15) is 0 Å². The quantitative estimate of drug-likeness (QED) is 0.567. The van der Waals surface area contributed by atoms with Crippen LogP contribution < -0.4 is 5.73 Å². The Bertz CT molecular complexity index is 180. The average molecular weight is 175 g/mol. The molecular weight excluding hydrogens is 162 g/mol. The monoisotopic (exact) mass is 175 g/mol. The maximum Gasteiger partial charge on any atom is 0.319 e. The van der Waals surface area contributed by atoms with Crippen LogP contribution in [0.3, 0.4) is 0 Å². The van der Waals surface area contributed by atoms with Crippen molar-refractivity contribution in [3.05, 3.63) is 0 Å². The first-order valence-corrected chi connectivity index (χ1v) is 3.61. The van der Waals surface area contributed by atoms with Crippen molar-refractivity contribution in [1.82, 2.24) is 0 Å². The Balaban J connectivity index is 3.94. The second-order valence-corrected chi connectivity index (χ2v) is 2.53. The van der Waals surface area contributed by atoms with E-state index in [1.165, 1.54) is 13.8 Å². The highest BCUT2D eigenvalue weighted by Crippen LogP contribution is 2.06. The maximum absolute atomic E-state index is 10.6. The predicted octanol–water partition coefficient (Wildman–Crippen LogP) is -0.402. The molecule has 0 amide bonds. The van der Waals surface area contributed by atoms with Gasteiger partial charge in [0.05, 0.1) is 12.5 Å². The minimum absolute atomic E-state index is 0.226. The van der Waals surface area contributed by atoms with E-state index in [1.807, 2.05) is 0 Å². The summed E-state index contributed by atoms with van der Waals surface area (Å²) in [5.74, 6) is -2.29. The van der Waals surface area contributed by atoms with E-state index >= 15 is 0 Å². The molecule has 70 valence electrons. The SMILES string of the molecule is CC(OC(=O)CN)C(C)C(=O)O. The van der Waals surface area contributed by atoms with Gasteiger partial charge in [-0.1, -0.05) is 0 Å². The van der Waals surface area contributed by atoms with Gasteiger partial charge >= 0.3 is 11.9 Å². The van der Waals surface area contributed by atoms with Crippen molar-refractivity contribution in [3.63, 3.8) is 0 Å². The first kappa shape index (κ1) is 10.9. The predicted molar refractivity (Wildman–Crippen MR) is 41.4 cm³/mol. The Morgan fingerprint density at radius 2 is 2.00 bits per heavy atom. The number of carboxylic acids is 1. The van der Waals surface area contributed by atoms with Gasteiger partial charge in [-0.25, -0.2) is 0 Å². The van der Waals surface area contributed by atoms with Crippen molar-refractivity contribution < 1.29 is 19.4 Å². The van der Waals surface area contributed by atoms with Gasteiger partial charge in [0.25, 0.3) is 0 Å². The van der Waals surface area contributed by atoms with Gasteiger partial charge < -0.3 is 15.6 Å². The van der Waals surface area contributed by atoms with Gasteiger partial charge in [0.2, 0.25) is 0 Å². The van der Waals surface area contributed by atoms with E-state index in [1.54, 1.807) is 0 Å².